The van der Waals surface area contributed by atoms with Gasteiger partial charge in [0.15, 0.2) is 17.9 Å². The minimum Gasteiger partial charge on any atom is -0.461 e. The Balaban J connectivity index is 1.60. The van der Waals surface area contributed by atoms with Crippen LogP contribution in [0.1, 0.15) is 40.0 Å². The van der Waals surface area contributed by atoms with Gasteiger partial charge in [0.25, 0.3) is 0 Å². The van der Waals surface area contributed by atoms with Crippen LogP contribution in [0.15, 0.2) is 12.2 Å². The van der Waals surface area contributed by atoms with Gasteiger partial charge in [-0.15, -0.1) is 0 Å². The number of ether oxygens (including phenoxy) is 4. The number of carbonyl (C=O) groups excluding carboxylic acids is 2. The van der Waals surface area contributed by atoms with Gasteiger partial charge >= 0.3 is 5.97 Å². The van der Waals surface area contributed by atoms with Crippen LogP contribution in [0.5, 0.6) is 0 Å². The molecule has 3 N–H and O–H groups in total. The second-order valence-electron chi connectivity index (χ2n) is 11.0. The molecular formula is C23H30O9. The van der Waals surface area contributed by atoms with Crippen LogP contribution in [-0.4, -0.2) is 75.3 Å². The van der Waals surface area contributed by atoms with E-state index in [1.54, 1.807) is 6.92 Å². The summed E-state index contributed by atoms with van der Waals surface area (Å²) in [7, 11) is 0. The number of ketones is 1. The highest BCUT2D eigenvalue weighted by molar-refractivity contribution is 5.92. The van der Waals surface area contributed by atoms with E-state index in [1.807, 2.05) is 6.92 Å². The van der Waals surface area contributed by atoms with Crippen molar-refractivity contribution in [1.29, 1.82) is 0 Å². The minimum atomic E-state index is -1.79. The Morgan fingerprint density at radius 3 is 2.69 bits per heavy atom. The van der Waals surface area contributed by atoms with Gasteiger partial charge in [0, 0.05) is 37.0 Å². The first kappa shape index (κ1) is 21.2. The SMILES string of the molecule is C=C1[C@@H](O)O[C@H]2[C@H]1C[C@@H](OC(C)=O)[C@]13C(=O)CO[C@H]4C[C@](C)(O)[C@H]([C@H]41)[C@@]31CC(C)[C@]2(O)O1. The maximum Gasteiger partial charge on any atom is 0.302 e. The number of Topliss-reactive ketones (excluding diaryl/α,β-unsaturated/α-hetero) is 1. The van der Waals surface area contributed by atoms with Gasteiger partial charge in [0.2, 0.25) is 0 Å². The molecule has 0 aromatic carbocycles. The molecule has 0 amide bonds. The van der Waals surface area contributed by atoms with Crippen molar-refractivity contribution in [1.82, 2.24) is 0 Å². The summed E-state index contributed by atoms with van der Waals surface area (Å²) in [6.45, 7) is 8.62. The van der Waals surface area contributed by atoms with Crippen molar-refractivity contribution >= 4 is 11.8 Å². The van der Waals surface area contributed by atoms with Crippen molar-refractivity contribution < 1.29 is 43.9 Å². The van der Waals surface area contributed by atoms with Gasteiger partial charge < -0.3 is 34.3 Å². The van der Waals surface area contributed by atoms with Crippen molar-refractivity contribution in [3.63, 3.8) is 0 Å². The smallest absolute Gasteiger partial charge is 0.302 e. The lowest BCUT2D eigenvalue weighted by atomic mass is 9.37. The van der Waals surface area contributed by atoms with E-state index in [0.29, 0.717) is 12.0 Å². The van der Waals surface area contributed by atoms with Crippen molar-refractivity contribution in [3.05, 3.63) is 12.2 Å². The summed E-state index contributed by atoms with van der Waals surface area (Å²) < 4.78 is 24.0. The Kier molecular flexibility index (Phi) is 3.98. The Morgan fingerprint density at radius 1 is 1.28 bits per heavy atom. The number of aliphatic hydroxyl groups excluding tert-OH is 1. The summed E-state index contributed by atoms with van der Waals surface area (Å²) in [6, 6.07) is 0. The molecule has 2 spiro atoms. The molecule has 9 nitrogen and oxygen atoms in total. The molecular weight excluding hydrogens is 420 g/mol. The predicted molar refractivity (Wildman–Crippen MR) is 106 cm³/mol. The normalized spacial score (nSPS) is 60.1. The lowest BCUT2D eigenvalue weighted by Gasteiger charge is -2.70. The van der Waals surface area contributed by atoms with Crippen LogP contribution >= 0.6 is 0 Å². The van der Waals surface area contributed by atoms with E-state index in [1.165, 1.54) is 6.92 Å². The van der Waals surface area contributed by atoms with Gasteiger partial charge in [0.1, 0.15) is 24.2 Å². The van der Waals surface area contributed by atoms with Gasteiger partial charge in [-0.3, -0.25) is 9.59 Å². The van der Waals surface area contributed by atoms with Crippen LogP contribution in [-0.2, 0) is 28.5 Å². The number of hydrogen-bond donors (Lipinski definition) is 3. The first-order valence-corrected chi connectivity index (χ1v) is 11.4. The summed E-state index contributed by atoms with van der Waals surface area (Å²) in [6.07, 6.45) is -2.73. The Hall–Kier alpha value is -1.36. The summed E-state index contributed by atoms with van der Waals surface area (Å²) >= 11 is 0. The number of carbonyl (C=O) groups is 2. The van der Waals surface area contributed by atoms with Gasteiger partial charge in [-0.05, 0) is 25.3 Å². The van der Waals surface area contributed by atoms with Gasteiger partial charge in [0.05, 0.1) is 17.3 Å². The molecule has 176 valence electrons. The summed E-state index contributed by atoms with van der Waals surface area (Å²) in [5, 5.41) is 33.6. The predicted octanol–water partition coefficient (Wildman–Crippen LogP) is 0.0502. The van der Waals surface area contributed by atoms with E-state index in [0.717, 1.165) is 0 Å². The largest absolute Gasteiger partial charge is 0.461 e. The van der Waals surface area contributed by atoms with Crippen LogP contribution in [0.4, 0.5) is 0 Å². The molecule has 0 aromatic heterocycles. The third-order valence-corrected chi connectivity index (χ3v) is 9.45. The number of esters is 1. The van der Waals surface area contributed by atoms with Crippen LogP contribution < -0.4 is 0 Å². The summed E-state index contributed by atoms with van der Waals surface area (Å²) in [4.78, 5) is 26.0. The fourth-order valence-corrected chi connectivity index (χ4v) is 8.54. The fourth-order valence-electron chi connectivity index (χ4n) is 8.54. The standard InChI is InChI=1S/C23H30O9/c1-9-6-21-17-16-13(7-20(17,4)27)29-8-14(25)22(16,21)15(30-11(3)24)5-12-10(2)19(26)31-18(12)23(9,28)32-21/h9,12-13,15-19,26-28H,2,5-8H2,1,3-4H3/t9?,12-,13-,15+,16-,17-,18-,19-,20-,21-,22+,23-/m0/s1. The average Bonchev–Trinajstić information content (AvgIpc) is 3.23. The van der Waals surface area contributed by atoms with Crippen molar-refractivity contribution in [2.45, 2.75) is 81.6 Å². The lowest BCUT2D eigenvalue weighted by Crippen LogP contribution is -2.83. The minimum absolute atomic E-state index is 0.157. The van der Waals surface area contributed by atoms with Gasteiger partial charge in [-0.25, -0.2) is 0 Å². The van der Waals surface area contributed by atoms with Gasteiger partial charge in [-0.2, -0.15) is 0 Å². The second kappa shape index (κ2) is 6.00. The number of fused-ring (bicyclic) bond motifs is 3. The zero-order valence-corrected chi connectivity index (χ0v) is 18.4. The quantitative estimate of drug-likeness (QED) is 0.374. The second-order valence-corrected chi connectivity index (χ2v) is 11.0. The van der Waals surface area contributed by atoms with Crippen molar-refractivity contribution in [2.75, 3.05) is 6.61 Å². The first-order valence-electron chi connectivity index (χ1n) is 11.4. The average molecular weight is 450 g/mol. The van der Waals surface area contributed by atoms with Crippen LogP contribution in [0.2, 0.25) is 0 Å². The monoisotopic (exact) mass is 450 g/mol. The first-order chi connectivity index (χ1) is 14.9. The molecule has 6 fully saturated rings. The maximum absolute atomic E-state index is 13.8. The third kappa shape index (κ3) is 2.08. The highest BCUT2D eigenvalue weighted by Crippen LogP contribution is 2.79. The molecule has 6 aliphatic rings. The molecule has 1 unspecified atom stereocenters. The molecule has 0 aromatic rings. The van der Waals surface area contributed by atoms with Crippen molar-refractivity contribution in [3.8, 4) is 0 Å². The topological polar surface area (TPSA) is 132 Å². The summed E-state index contributed by atoms with van der Waals surface area (Å²) in [5.74, 6) is -4.50. The molecule has 2 saturated carbocycles. The van der Waals surface area contributed by atoms with E-state index >= 15 is 0 Å². The van der Waals surface area contributed by atoms with E-state index in [-0.39, 0.29) is 31.3 Å². The highest BCUT2D eigenvalue weighted by atomic mass is 16.7. The molecule has 2 bridgehead atoms. The Morgan fingerprint density at radius 2 is 2.00 bits per heavy atom. The van der Waals surface area contributed by atoms with Crippen LogP contribution in [0.3, 0.4) is 0 Å². The molecule has 9 heteroatoms. The lowest BCUT2D eigenvalue weighted by molar-refractivity contribution is -0.394. The van der Waals surface area contributed by atoms with E-state index in [4.69, 9.17) is 18.9 Å². The molecule has 6 rings (SSSR count). The zero-order chi connectivity index (χ0) is 23.0. The highest BCUT2D eigenvalue weighted by Gasteiger charge is 2.90. The molecule has 2 aliphatic carbocycles. The Labute approximate surface area is 185 Å². The van der Waals surface area contributed by atoms with Gasteiger partial charge in [-0.1, -0.05) is 13.5 Å². The maximum atomic E-state index is 13.8. The third-order valence-electron chi connectivity index (χ3n) is 9.45. The Bertz CT molecular complexity index is 930. The number of aliphatic hydroxyl groups is 3. The molecule has 4 saturated heterocycles. The van der Waals surface area contributed by atoms with E-state index in [2.05, 4.69) is 6.58 Å². The zero-order valence-electron chi connectivity index (χ0n) is 18.4. The van der Waals surface area contributed by atoms with E-state index in [9.17, 15) is 24.9 Å². The number of hydrogen-bond acceptors (Lipinski definition) is 9. The molecule has 4 heterocycles. The summed E-state index contributed by atoms with van der Waals surface area (Å²) in [5.41, 5.74) is -3.33. The van der Waals surface area contributed by atoms with E-state index < -0.39 is 70.5 Å². The number of rotatable bonds is 1. The molecule has 12 atom stereocenters. The van der Waals surface area contributed by atoms with Crippen LogP contribution in [0.25, 0.3) is 0 Å². The molecule has 4 aliphatic heterocycles. The fraction of sp³-hybridized carbons (Fsp3) is 0.826. The van der Waals surface area contributed by atoms with Crippen LogP contribution in [0, 0.1) is 29.1 Å². The molecule has 0 radical (unpaired) electrons. The van der Waals surface area contributed by atoms with Crippen molar-refractivity contribution in [2.24, 2.45) is 29.1 Å². The molecule has 32 heavy (non-hydrogen) atoms.